The molecule has 0 saturated heterocycles. The van der Waals surface area contributed by atoms with Gasteiger partial charge in [-0.3, -0.25) is 0 Å². The molecular weight excluding hydrogens is 337 g/mol. The van der Waals surface area contributed by atoms with Crippen molar-refractivity contribution < 1.29 is 13.9 Å². The van der Waals surface area contributed by atoms with Gasteiger partial charge in [-0.1, -0.05) is 15.9 Å². The first-order chi connectivity index (χ1) is 10.2. The van der Waals surface area contributed by atoms with Gasteiger partial charge in [0.2, 0.25) is 0 Å². The smallest absolute Gasteiger partial charge is 0.123 e. The Morgan fingerprint density at radius 2 is 1.81 bits per heavy atom. The highest BCUT2D eigenvalue weighted by Gasteiger charge is 2.01. The van der Waals surface area contributed by atoms with Crippen LogP contribution in [-0.2, 0) is 6.54 Å². The maximum Gasteiger partial charge on any atom is 0.123 e. The van der Waals surface area contributed by atoms with Crippen molar-refractivity contribution in [1.29, 1.82) is 0 Å². The van der Waals surface area contributed by atoms with Gasteiger partial charge in [-0.25, -0.2) is 4.39 Å². The lowest BCUT2D eigenvalue weighted by Gasteiger charge is -2.09. The highest BCUT2D eigenvalue weighted by atomic mass is 79.9. The molecule has 2 aromatic rings. The predicted octanol–water partition coefficient (Wildman–Crippen LogP) is 3.77. The third-order valence-corrected chi connectivity index (χ3v) is 3.70. The lowest BCUT2D eigenvalue weighted by atomic mass is 10.2. The zero-order valence-electron chi connectivity index (χ0n) is 11.7. The zero-order chi connectivity index (χ0) is 15.1. The molecule has 0 aliphatic heterocycles. The molecule has 3 nitrogen and oxygen atoms in total. The summed E-state index contributed by atoms with van der Waals surface area (Å²) in [5.74, 6) is 1.37. The Hall–Kier alpha value is -1.59. The van der Waals surface area contributed by atoms with Gasteiger partial charge in [0.05, 0.1) is 7.11 Å². The van der Waals surface area contributed by atoms with Gasteiger partial charge in [0.15, 0.2) is 0 Å². The van der Waals surface area contributed by atoms with Crippen LogP contribution in [0.4, 0.5) is 4.39 Å². The van der Waals surface area contributed by atoms with Gasteiger partial charge in [-0.05, 0) is 48.0 Å². The van der Waals surface area contributed by atoms with Crippen LogP contribution in [0.1, 0.15) is 5.56 Å². The molecule has 21 heavy (non-hydrogen) atoms. The second-order valence-electron chi connectivity index (χ2n) is 4.44. The van der Waals surface area contributed by atoms with Gasteiger partial charge < -0.3 is 14.8 Å². The molecule has 5 heteroatoms. The van der Waals surface area contributed by atoms with Crippen LogP contribution in [0.15, 0.2) is 46.9 Å². The maximum atomic E-state index is 13.1. The molecule has 0 bridgehead atoms. The summed E-state index contributed by atoms with van der Waals surface area (Å²) in [5.41, 5.74) is 0.888. The second-order valence-corrected chi connectivity index (χ2v) is 5.29. The van der Waals surface area contributed by atoms with Crippen molar-refractivity contribution in [2.24, 2.45) is 0 Å². The Balaban J connectivity index is 1.71. The van der Waals surface area contributed by atoms with Crippen molar-refractivity contribution in [2.75, 3.05) is 20.3 Å². The van der Waals surface area contributed by atoms with Crippen LogP contribution in [0.3, 0.4) is 0 Å². The number of benzene rings is 2. The molecule has 0 aliphatic rings. The third-order valence-electron chi connectivity index (χ3n) is 2.93. The molecule has 0 spiro atoms. The SMILES string of the molecule is COc1ccc(OCCNCc2cc(F)ccc2Br)cc1. The van der Waals surface area contributed by atoms with Gasteiger partial charge in [0.25, 0.3) is 0 Å². The highest BCUT2D eigenvalue weighted by molar-refractivity contribution is 9.10. The van der Waals surface area contributed by atoms with Crippen molar-refractivity contribution >= 4 is 15.9 Å². The molecule has 0 radical (unpaired) electrons. The fourth-order valence-corrected chi connectivity index (χ4v) is 2.20. The lowest BCUT2D eigenvalue weighted by molar-refractivity contribution is 0.313. The van der Waals surface area contributed by atoms with Crippen molar-refractivity contribution in [2.45, 2.75) is 6.54 Å². The standard InChI is InChI=1S/C16H17BrFNO2/c1-20-14-3-5-15(6-4-14)21-9-8-19-11-12-10-13(18)2-7-16(12)17/h2-7,10,19H,8-9,11H2,1H3. The fraction of sp³-hybridized carbons (Fsp3) is 0.250. The van der Waals surface area contributed by atoms with E-state index >= 15 is 0 Å². The lowest BCUT2D eigenvalue weighted by Crippen LogP contribution is -2.20. The first kappa shape index (κ1) is 15.8. The van der Waals surface area contributed by atoms with Gasteiger partial charge >= 0.3 is 0 Å². The minimum absolute atomic E-state index is 0.232. The van der Waals surface area contributed by atoms with Gasteiger partial charge in [0.1, 0.15) is 23.9 Å². The Morgan fingerprint density at radius 3 is 2.52 bits per heavy atom. The summed E-state index contributed by atoms with van der Waals surface area (Å²) >= 11 is 3.40. The van der Waals surface area contributed by atoms with Crippen LogP contribution in [0, 0.1) is 5.82 Å². The van der Waals surface area contributed by atoms with Crippen LogP contribution in [-0.4, -0.2) is 20.3 Å². The summed E-state index contributed by atoms with van der Waals surface area (Å²) < 4.78 is 24.7. The average molecular weight is 354 g/mol. The fourth-order valence-electron chi connectivity index (χ4n) is 1.81. The van der Waals surface area contributed by atoms with Crippen molar-refractivity contribution in [3.8, 4) is 11.5 Å². The van der Waals surface area contributed by atoms with E-state index in [1.165, 1.54) is 12.1 Å². The molecule has 0 fully saturated rings. The number of hydrogen-bond donors (Lipinski definition) is 1. The molecule has 0 saturated carbocycles. The Bertz CT molecular complexity index is 575. The number of ether oxygens (including phenoxy) is 2. The van der Waals surface area contributed by atoms with E-state index < -0.39 is 0 Å². The number of methoxy groups -OCH3 is 1. The predicted molar refractivity (Wildman–Crippen MR) is 84.3 cm³/mol. The summed E-state index contributed by atoms with van der Waals surface area (Å²) in [6, 6.07) is 12.1. The quantitative estimate of drug-likeness (QED) is 0.768. The Morgan fingerprint density at radius 1 is 1.10 bits per heavy atom. The largest absolute Gasteiger partial charge is 0.497 e. The minimum Gasteiger partial charge on any atom is -0.497 e. The van der Waals surface area contributed by atoms with Gasteiger partial charge in [-0.2, -0.15) is 0 Å². The summed E-state index contributed by atoms with van der Waals surface area (Å²) in [5, 5.41) is 3.22. The summed E-state index contributed by atoms with van der Waals surface area (Å²) in [6.45, 7) is 1.80. The second kappa shape index (κ2) is 8.00. The van der Waals surface area contributed by atoms with Crippen LogP contribution in [0.25, 0.3) is 0 Å². The molecular formula is C16H17BrFNO2. The van der Waals surface area contributed by atoms with E-state index in [0.717, 1.165) is 21.5 Å². The van der Waals surface area contributed by atoms with Gasteiger partial charge in [-0.15, -0.1) is 0 Å². The molecule has 0 atom stereocenters. The third kappa shape index (κ3) is 5.02. The van der Waals surface area contributed by atoms with E-state index in [2.05, 4.69) is 21.2 Å². The Labute approximate surface area is 132 Å². The number of rotatable bonds is 7. The maximum absolute atomic E-state index is 13.1. The van der Waals surface area contributed by atoms with E-state index in [9.17, 15) is 4.39 Å². The topological polar surface area (TPSA) is 30.5 Å². The average Bonchev–Trinajstić information content (AvgIpc) is 2.51. The first-order valence-corrected chi connectivity index (χ1v) is 7.40. The van der Waals surface area contributed by atoms with E-state index in [1.54, 1.807) is 13.2 Å². The summed E-state index contributed by atoms with van der Waals surface area (Å²) in [4.78, 5) is 0. The molecule has 112 valence electrons. The molecule has 2 aromatic carbocycles. The monoisotopic (exact) mass is 353 g/mol. The Kier molecular flexibility index (Phi) is 6.02. The van der Waals surface area contributed by atoms with Crippen LogP contribution >= 0.6 is 15.9 Å². The van der Waals surface area contributed by atoms with Crippen molar-refractivity contribution in [3.63, 3.8) is 0 Å². The van der Waals surface area contributed by atoms with E-state index in [4.69, 9.17) is 9.47 Å². The summed E-state index contributed by atoms with van der Waals surface area (Å²) in [7, 11) is 1.63. The number of nitrogens with one attached hydrogen (secondary N) is 1. The minimum atomic E-state index is -0.232. The van der Waals surface area contributed by atoms with Crippen LogP contribution in [0.2, 0.25) is 0 Å². The molecule has 1 N–H and O–H groups in total. The summed E-state index contributed by atoms with van der Waals surface area (Å²) in [6.07, 6.45) is 0. The van der Waals surface area contributed by atoms with E-state index in [-0.39, 0.29) is 5.82 Å². The molecule has 0 aliphatic carbocycles. The zero-order valence-corrected chi connectivity index (χ0v) is 13.3. The van der Waals surface area contributed by atoms with E-state index in [0.29, 0.717) is 19.7 Å². The highest BCUT2D eigenvalue weighted by Crippen LogP contribution is 2.18. The van der Waals surface area contributed by atoms with Crippen LogP contribution in [0.5, 0.6) is 11.5 Å². The van der Waals surface area contributed by atoms with Crippen molar-refractivity contribution in [3.05, 3.63) is 58.3 Å². The van der Waals surface area contributed by atoms with Gasteiger partial charge in [0, 0.05) is 17.6 Å². The molecule has 0 unspecified atom stereocenters. The number of hydrogen-bond acceptors (Lipinski definition) is 3. The molecule has 0 aromatic heterocycles. The molecule has 0 heterocycles. The normalized spacial score (nSPS) is 10.4. The number of halogens is 2. The van der Waals surface area contributed by atoms with Crippen molar-refractivity contribution in [1.82, 2.24) is 5.32 Å². The molecule has 0 amide bonds. The molecule has 2 rings (SSSR count). The van der Waals surface area contributed by atoms with E-state index in [1.807, 2.05) is 24.3 Å². The first-order valence-electron chi connectivity index (χ1n) is 6.60. The van der Waals surface area contributed by atoms with Crippen LogP contribution < -0.4 is 14.8 Å².